The van der Waals surface area contributed by atoms with Gasteiger partial charge in [-0.1, -0.05) is 168 Å². The van der Waals surface area contributed by atoms with Gasteiger partial charge in [-0.25, -0.2) is 9.59 Å². The van der Waals surface area contributed by atoms with Gasteiger partial charge in [-0.2, -0.15) is 0 Å². The SMILES string of the molecule is COC(=O)c1ccc(/C=C/c2ccc(Br)cc2)cc1.COC(=O)c1ccc(CCc2ccc(-c3ccc4ccccc4c3)cc2)cc1.OB(O)c1ccc2ccccc2c1. The van der Waals surface area contributed by atoms with E-state index in [4.69, 9.17) is 14.8 Å². The maximum Gasteiger partial charge on any atom is 0.488 e. The van der Waals surface area contributed by atoms with Crippen LogP contribution in [-0.4, -0.2) is 43.3 Å². The number of halogens is 1. The van der Waals surface area contributed by atoms with E-state index >= 15 is 0 Å². The fourth-order valence-corrected chi connectivity index (χ4v) is 6.69. The smallest absolute Gasteiger partial charge is 0.465 e. The highest BCUT2D eigenvalue weighted by atomic mass is 79.9. The van der Waals surface area contributed by atoms with Crippen molar-refractivity contribution in [3.8, 4) is 11.1 Å². The number of hydrogen-bond acceptors (Lipinski definition) is 6. The van der Waals surface area contributed by atoms with Gasteiger partial charge in [-0.05, 0) is 116 Å². The van der Waals surface area contributed by atoms with Crippen molar-refractivity contribution in [2.24, 2.45) is 0 Å². The third-order valence-corrected chi connectivity index (χ3v) is 10.4. The number of fused-ring (bicyclic) bond motifs is 2. The number of methoxy groups -OCH3 is 2. The summed E-state index contributed by atoms with van der Waals surface area (Å²) in [4.78, 5) is 22.8. The summed E-state index contributed by atoms with van der Waals surface area (Å²) in [5.41, 5.74) is 8.83. The summed E-state index contributed by atoms with van der Waals surface area (Å²) < 4.78 is 10.5. The Labute approximate surface area is 359 Å². The van der Waals surface area contributed by atoms with Gasteiger partial charge in [0, 0.05) is 4.47 Å². The molecule has 60 heavy (non-hydrogen) atoms. The highest BCUT2D eigenvalue weighted by Crippen LogP contribution is 2.25. The zero-order valence-electron chi connectivity index (χ0n) is 33.4. The molecule has 8 aromatic rings. The van der Waals surface area contributed by atoms with Crippen LogP contribution in [0.5, 0.6) is 0 Å². The van der Waals surface area contributed by atoms with Crippen molar-refractivity contribution in [1.29, 1.82) is 0 Å². The van der Waals surface area contributed by atoms with Gasteiger partial charge in [0.05, 0.1) is 25.3 Å². The molecule has 2 N–H and O–H groups in total. The van der Waals surface area contributed by atoms with Gasteiger partial charge < -0.3 is 19.5 Å². The summed E-state index contributed by atoms with van der Waals surface area (Å²) >= 11 is 3.40. The topological polar surface area (TPSA) is 93.1 Å². The summed E-state index contributed by atoms with van der Waals surface area (Å²) in [7, 11) is 1.39. The van der Waals surface area contributed by atoms with Gasteiger partial charge in [0.25, 0.3) is 0 Å². The third-order valence-electron chi connectivity index (χ3n) is 9.86. The fraction of sp³-hybridized carbons (Fsp3) is 0.0769. The second-order valence-corrected chi connectivity index (χ2v) is 14.8. The molecule has 0 radical (unpaired) electrons. The van der Waals surface area contributed by atoms with Gasteiger partial charge in [0.1, 0.15) is 0 Å². The Kier molecular flexibility index (Phi) is 15.4. The first-order valence-corrected chi connectivity index (χ1v) is 20.2. The van der Waals surface area contributed by atoms with Crippen molar-refractivity contribution in [2.45, 2.75) is 12.8 Å². The molecule has 0 amide bonds. The zero-order valence-corrected chi connectivity index (χ0v) is 35.0. The molecule has 0 aliphatic heterocycles. The predicted octanol–water partition coefficient (Wildman–Crippen LogP) is 11.0. The van der Waals surface area contributed by atoms with E-state index in [1.54, 1.807) is 24.3 Å². The Morgan fingerprint density at radius 3 is 1.42 bits per heavy atom. The number of benzene rings is 8. The molecule has 0 unspecified atom stereocenters. The minimum absolute atomic E-state index is 0.296. The van der Waals surface area contributed by atoms with E-state index in [0.717, 1.165) is 39.2 Å². The van der Waals surface area contributed by atoms with Gasteiger partial charge in [0.2, 0.25) is 0 Å². The predicted molar refractivity (Wildman–Crippen MR) is 249 cm³/mol. The van der Waals surface area contributed by atoms with Crippen LogP contribution in [-0.2, 0) is 22.3 Å². The molecule has 0 aliphatic rings. The van der Waals surface area contributed by atoms with Crippen LogP contribution in [0.25, 0.3) is 44.8 Å². The average molecular weight is 856 g/mol. The molecule has 0 spiro atoms. The molecule has 0 aliphatic carbocycles. The highest BCUT2D eigenvalue weighted by molar-refractivity contribution is 9.10. The van der Waals surface area contributed by atoms with Crippen molar-refractivity contribution in [3.05, 3.63) is 220 Å². The molecule has 0 heterocycles. The Hall–Kier alpha value is -6.58. The molecule has 8 rings (SSSR count). The average Bonchev–Trinajstić information content (AvgIpc) is 3.30. The second kappa shape index (κ2) is 21.4. The number of carbonyl (C=O) groups is 2. The molecule has 0 fully saturated rings. The molecule has 6 nitrogen and oxygen atoms in total. The van der Waals surface area contributed by atoms with Crippen molar-refractivity contribution >= 4 is 74.1 Å². The van der Waals surface area contributed by atoms with Crippen LogP contribution in [0.1, 0.15) is 43.0 Å². The Morgan fingerprint density at radius 1 is 0.500 bits per heavy atom. The molecule has 8 aromatic carbocycles. The van der Waals surface area contributed by atoms with E-state index in [0.29, 0.717) is 16.6 Å². The van der Waals surface area contributed by atoms with Crippen molar-refractivity contribution in [1.82, 2.24) is 0 Å². The summed E-state index contributed by atoms with van der Waals surface area (Å²) in [5, 5.41) is 22.5. The number of hydrogen-bond donors (Lipinski definition) is 2. The largest absolute Gasteiger partial charge is 0.488 e. The van der Waals surface area contributed by atoms with Gasteiger partial charge in [0.15, 0.2) is 0 Å². The van der Waals surface area contributed by atoms with Gasteiger partial charge in [-0.15, -0.1) is 0 Å². The van der Waals surface area contributed by atoms with Gasteiger partial charge >= 0.3 is 19.1 Å². The van der Waals surface area contributed by atoms with E-state index in [2.05, 4.69) is 87.4 Å². The van der Waals surface area contributed by atoms with E-state index < -0.39 is 7.12 Å². The van der Waals surface area contributed by atoms with E-state index in [9.17, 15) is 9.59 Å². The number of rotatable bonds is 9. The molecular weight excluding hydrogens is 811 g/mol. The normalized spacial score (nSPS) is 10.6. The minimum Gasteiger partial charge on any atom is -0.465 e. The van der Waals surface area contributed by atoms with Crippen molar-refractivity contribution in [3.63, 3.8) is 0 Å². The highest BCUT2D eigenvalue weighted by Gasteiger charge is 2.10. The number of esters is 2. The zero-order chi connectivity index (χ0) is 42.3. The Balaban J connectivity index is 0.000000163. The first-order valence-electron chi connectivity index (χ1n) is 19.4. The molecule has 0 atom stereocenters. The van der Waals surface area contributed by atoms with Crippen LogP contribution in [0, 0.1) is 0 Å². The molecule has 0 bridgehead atoms. The lowest BCUT2D eigenvalue weighted by Crippen LogP contribution is -2.29. The lowest BCUT2D eigenvalue weighted by atomic mass is 9.79. The Morgan fingerprint density at radius 2 is 0.917 bits per heavy atom. The first kappa shape index (κ1) is 43.0. The lowest BCUT2D eigenvalue weighted by Gasteiger charge is -2.07. The minimum atomic E-state index is -1.38. The standard InChI is InChI=1S/C26H22O2.C16H13BrO2.C10H9BO2/c1-28-26(27)23-14-10-20(11-15-23)7-6-19-8-12-22(13-9-19)25-17-16-21-4-2-3-5-24(21)18-25;1-19-16(18)14-8-4-12(5-9-14)2-3-13-6-10-15(17)11-7-13;12-11(13)10-6-5-8-3-1-2-4-9(8)7-10/h2-5,8-18H,6-7H2,1H3;2-11H,1H3;1-7,12-13H/b;3-2+;. The third kappa shape index (κ3) is 12.2. The first-order chi connectivity index (χ1) is 29.2. The quantitative estimate of drug-likeness (QED) is 0.0853. The van der Waals surface area contributed by atoms with Crippen LogP contribution in [0.4, 0.5) is 0 Å². The van der Waals surface area contributed by atoms with Crippen LogP contribution < -0.4 is 5.46 Å². The van der Waals surface area contributed by atoms with Crippen LogP contribution in [0.2, 0.25) is 0 Å². The fourth-order valence-electron chi connectivity index (χ4n) is 6.43. The van der Waals surface area contributed by atoms with E-state index in [-0.39, 0.29) is 11.9 Å². The molecule has 0 saturated carbocycles. The molecule has 0 aromatic heterocycles. The van der Waals surface area contributed by atoms with Crippen LogP contribution >= 0.6 is 15.9 Å². The summed E-state index contributed by atoms with van der Waals surface area (Å²) in [6.45, 7) is 0. The Bertz CT molecular complexity index is 2670. The summed E-state index contributed by atoms with van der Waals surface area (Å²) in [6.07, 6.45) is 5.94. The van der Waals surface area contributed by atoms with Gasteiger partial charge in [-0.3, -0.25) is 0 Å². The molecule has 0 saturated heterocycles. The molecule has 8 heteroatoms. The number of ether oxygens (including phenoxy) is 2. The lowest BCUT2D eigenvalue weighted by molar-refractivity contribution is 0.0592. The van der Waals surface area contributed by atoms with E-state index in [1.807, 2.05) is 103 Å². The second-order valence-electron chi connectivity index (χ2n) is 13.9. The summed E-state index contributed by atoms with van der Waals surface area (Å²) in [6, 6.07) is 60.0. The maximum absolute atomic E-state index is 11.5. The molecule has 298 valence electrons. The van der Waals surface area contributed by atoms with Crippen molar-refractivity contribution in [2.75, 3.05) is 14.2 Å². The van der Waals surface area contributed by atoms with Crippen molar-refractivity contribution < 1.29 is 29.1 Å². The van der Waals surface area contributed by atoms with Crippen LogP contribution in [0.15, 0.2) is 186 Å². The molecular formula is C52H44BBrO6. The number of aryl methyl sites for hydroxylation is 2. The monoisotopic (exact) mass is 854 g/mol. The van der Waals surface area contributed by atoms with Crippen LogP contribution in [0.3, 0.4) is 0 Å². The maximum atomic E-state index is 11.5. The number of carbonyl (C=O) groups excluding carboxylic acids is 2. The van der Waals surface area contributed by atoms with E-state index in [1.165, 1.54) is 47.2 Å². The summed E-state index contributed by atoms with van der Waals surface area (Å²) in [5.74, 6) is -0.612.